The number of aromatic hydroxyl groups is 1. The summed E-state index contributed by atoms with van der Waals surface area (Å²) >= 11 is 0. The Kier molecular flexibility index (Phi) is 4.84. The number of rotatable bonds is 4. The van der Waals surface area contributed by atoms with Gasteiger partial charge in [0.05, 0.1) is 18.8 Å². The monoisotopic (exact) mass is 279 g/mol. The number of hydrogen-bond acceptors (Lipinski definition) is 4. The van der Waals surface area contributed by atoms with Crippen molar-refractivity contribution < 1.29 is 19.4 Å². The molecule has 0 aliphatic carbocycles. The smallest absolute Gasteiger partial charge is 0.257 e. The minimum atomic E-state index is -0.156. The molecule has 0 spiro atoms. The zero-order valence-corrected chi connectivity index (χ0v) is 12.0. The molecule has 1 aromatic rings. The summed E-state index contributed by atoms with van der Waals surface area (Å²) in [5.74, 6) is 0.0725. The number of benzene rings is 1. The SMILES string of the molecule is CCOC1CCN(C(=O)c2cccc(OC)c2O)CC1. The molecule has 0 aromatic heterocycles. The first kappa shape index (κ1) is 14.7. The standard InChI is InChI=1S/C15H21NO4/c1-3-20-11-7-9-16(10-8-11)15(18)12-5-4-6-13(19-2)14(12)17/h4-6,11,17H,3,7-10H2,1-2H3. The van der Waals surface area contributed by atoms with Crippen LogP contribution in [-0.2, 0) is 4.74 Å². The van der Waals surface area contributed by atoms with E-state index in [-0.39, 0.29) is 17.8 Å². The third kappa shape index (κ3) is 3.04. The van der Waals surface area contributed by atoms with Crippen LogP contribution in [0.5, 0.6) is 11.5 Å². The second-order valence-corrected chi connectivity index (χ2v) is 4.80. The van der Waals surface area contributed by atoms with Crippen LogP contribution in [0, 0.1) is 0 Å². The van der Waals surface area contributed by atoms with E-state index in [1.807, 2.05) is 6.92 Å². The summed E-state index contributed by atoms with van der Waals surface area (Å²) in [7, 11) is 1.47. The minimum absolute atomic E-state index is 0.0908. The first-order valence-electron chi connectivity index (χ1n) is 6.94. The fourth-order valence-electron chi connectivity index (χ4n) is 2.49. The van der Waals surface area contributed by atoms with E-state index in [1.54, 1.807) is 23.1 Å². The van der Waals surface area contributed by atoms with Crippen LogP contribution in [0.4, 0.5) is 0 Å². The molecular formula is C15H21NO4. The van der Waals surface area contributed by atoms with Gasteiger partial charge in [-0.15, -0.1) is 0 Å². The molecule has 1 aromatic carbocycles. The van der Waals surface area contributed by atoms with Crippen molar-refractivity contribution in [3.63, 3.8) is 0 Å². The topological polar surface area (TPSA) is 59.0 Å². The summed E-state index contributed by atoms with van der Waals surface area (Å²) in [6.07, 6.45) is 1.91. The summed E-state index contributed by atoms with van der Waals surface area (Å²) < 4.78 is 10.6. The van der Waals surface area contributed by atoms with Gasteiger partial charge < -0.3 is 19.5 Å². The Morgan fingerprint density at radius 1 is 1.40 bits per heavy atom. The third-order valence-electron chi connectivity index (χ3n) is 3.58. The van der Waals surface area contributed by atoms with E-state index in [0.29, 0.717) is 31.0 Å². The number of nitrogens with zero attached hydrogens (tertiary/aromatic N) is 1. The highest BCUT2D eigenvalue weighted by molar-refractivity contribution is 5.97. The Hall–Kier alpha value is -1.75. The molecule has 0 saturated carbocycles. The van der Waals surface area contributed by atoms with Crippen LogP contribution >= 0.6 is 0 Å². The molecule has 1 saturated heterocycles. The first-order valence-corrected chi connectivity index (χ1v) is 6.94. The summed E-state index contributed by atoms with van der Waals surface area (Å²) in [5.41, 5.74) is 0.291. The van der Waals surface area contributed by atoms with Gasteiger partial charge in [0, 0.05) is 19.7 Å². The minimum Gasteiger partial charge on any atom is -0.504 e. The van der Waals surface area contributed by atoms with Crippen LogP contribution in [0.2, 0.25) is 0 Å². The fourth-order valence-corrected chi connectivity index (χ4v) is 2.49. The van der Waals surface area contributed by atoms with E-state index in [2.05, 4.69) is 0 Å². The number of piperidine rings is 1. The Morgan fingerprint density at radius 2 is 2.10 bits per heavy atom. The summed E-state index contributed by atoms with van der Waals surface area (Å²) in [4.78, 5) is 14.2. The van der Waals surface area contributed by atoms with Crippen LogP contribution in [0.15, 0.2) is 18.2 Å². The fraction of sp³-hybridized carbons (Fsp3) is 0.533. The quantitative estimate of drug-likeness (QED) is 0.916. The van der Waals surface area contributed by atoms with E-state index in [4.69, 9.17) is 9.47 Å². The number of phenolic OH excluding ortho intramolecular Hbond substituents is 1. The van der Waals surface area contributed by atoms with Crippen molar-refractivity contribution in [3.05, 3.63) is 23.8 Å². The number of carbonyl (C=O) groups excluding carboxylic acids is 1. The molecule has 1 aliphatic heterocycles. The Bertz CT molecular complexity index is 467. The number of hydrogen-bond donors (Lipinski definition) is 1. The van der Waals surface area contributed by atoms with Gasteiger partial charge in [-0.05, 0) is 31.9 Å². The van der Waals surface area contributed by atoms with Gasteiger partial charge in [0.15, 0.2) is 11.5 Å². The van der Waals surface area contributed by atoms with Gasteiger partial charge in [0.25, 0.3) is 5.91 Å². The van der Waals surface area contributed by atoms with E-state index >= 15 is 0 Å². The average Bonchev–Trinajstić information content (AvgIpc) is 2.48. The molecule has 1 amide bonds. The van der Waals surface area contributed by atoms with Crippen LogP contribution < -0.4 is 4.74 Å². The van der Waals surface area contributed by atoms with E-state index in [1.165, 1.54) is 7.11 Å². The number of amides is 1. The Labute approximate surface area is 119 Å². The largest absolute Gasteiger partial charge is 0.504 e. The molecule has 110 valence electrons. The molecule has 1 fully saturated rings. The number of ether oxygens (including phenoxy) is 2. The molecule has 5 heteroatoms. The van der Waals surface area contributed by atoms with Crippen molar-refractivity contribution in [2.45, 2.75) is 25.9 Å². The van der Waals surface area contributed by atoms with Gasteiger partial charge in [0.1, 0.15) is 0 Å². The summed E-state index contributed by atoms with van der Waals surface area (Å²) in [6.45, 7) is 3.99. The van der Waals surface area contributed by atoms with Crippen LogP contribution in [0.1, 0.15) is 30.1 Å². The highest BCUT2D eigenvalue weighted by atomic mass is 16.5. The molecule has 1 heterocycles. The Morgan fingerprint density at radius 3 is 2.70 bits per heavy atom. The lowest BCUT2D eigenvalue weighted by atomic mass is 10.1. The third-order valence-corrected chi connectivity index (χ3v) is 3.58. The van der Waals surface area contributed by atoms with Crippen LogP contribution in [-0.4, -0.2) is 48.8 Å². The molecular weight excluding hydrogens is 258 g/mol. The molecule has 0 atom stereocenters. The number of likely N-dealkylation sites (tertiary alicyclic amines) is 1. The van der Waals surface area contributed by atoms with E-state index < -0.39 is 0 Å². The van der Waals surface area contributed by atoms with Crippen molar-refractivity contribution in [1.29, 1.82) is 0 Å². The maximum absolute atomic E-state index is 12.4. The van der Waals surface area contributed by atoms with Crippen molar-refractivity contribution in [2.24, 2.45) is 0 Å². The van der Waals surface area contributed by atoms with Gasteiger partial charge in [-0.25, -0.2) is 0 Å². The Balaban J connectivity index is 2.06. The van der Waals surface area contributed by atoms with E-state index in [0.717, 1.165) is 12.8 Å². The van der Waals surface area contributed by atoms with Crippen molar-refractivity contribution >= 4 is 5.91 Å². The van der Waals surface area contributed by atoms with Gasteiger partial charge in [-0.3, -0.25) is 4.79 Å². The highest BCUT2D eigenvalue weighted by Crippen LogP contribution is 2.30. The highest BCUT2D eigenvalue weighted by Gasteiger charge is 2.26. The zero-order valence-electron chi connectivity index (χ0n) is 12.0. The second-order valence-electron chi connectivity index (χ2n) is 4.80. The lowest BCUT2D eigenvalue weighted by molar-refractivity contribution is 0.0145. The first-order chi connectivity index (χ1) is 9.67. The van der Waals surface area contributed by atoms with Crippen molar-refractivity contribution in [3.8, 4) is 11.5 Å². The van der Waals surface area contributed by atoms with Crippen LogP contribution in [0.3, 0.4) is 0 Å². The lowest BCUT2D eigenvalue weighted by Gasteiger charge is -2.32. The van der Waals surface area contributed by atoms with Gasteiger partial charge in [-0.2, -0.15) is 0 Å². The van der Waals surface area contributed by atoms with Gasteiger partial charge in [-0.1, -0.05) is 6.07 Å². The molecule has 20 heavy (non-hydrogen) atoms. The maximum Gasteiger partial charge on any atom is 0.257 e. The lowest BCUT2D eigenvalue weighted by Crippen LogP contribution is -2.40. The molecule has 0 radical (unpaired) electrons. The molecule has 0 bridgehead atoms. The molecule has 2 rings (SSSR count). The number of para-hydroxylation sites is 1. The summed E-state index contributed by atoms with van der Waals surface area (Å²) in [5, 5.41) is 10.0. The molecule has 1 N–H and O–H groups in total. The van der Waals surface area contributed by atoms with Crippen molar-refractivity contribution in [1.82, 2.24) is 4.90 Å². The number of methoxy groups -OCH3 is 1. The number of carbonyl (C=O) groups is 1. The normalized spacial score (nSPS) is 16.2. The van der Waals surface area contributed by atoms with Gasteiger partial charge in [0.2, 0.25) is 0 Å². The second kappa shape index (κ2) is 6.61. The van der Waals surface area contributed by atoms with Crippen LogP contribution in [0.25, 0.3) is 0 Å². The number of phenols is 1. The zero-order chi connectivity index (χ0) is 14.5. The summed E-state index contributed by atoms with van der Waals surface area (Å²) in [6, 6.07) is 4.96. The predicted molar refractivity (Wildman–Crippen MR) is 75.2 cm³/mol. The van der Waals surface area contributed by atoms with E-state index in [9.17, 15) is 9.90 Å². The van der Waals surface area contributed by atoms with Crippen molar-refractivity contribution in [2.75, 3.05) is 26.8 Å². The maximum atomic E-state index is 12.4. The average molecular weight is 279 g/mol. The molecule has 5 nitrogen and oxygen atoms in total. The van der Waals surface area contributed by atoms with Gasteiger partial charge >= 0.3 is 0 Å². The molecule has 1 aliphatic rings. The molecule has 0 unspecified atom stereocenters. The predicted octanol–water partition coefficient (Wildman–Crippen LogP) is 2.04.